The van der Waals surface area contributed by atoms with Gasteiger partial charge in [0.05, 0.1) is 15.9 Å². The molecule has 0 spiro atoms. The molecular formula is C10H12ClIN2O. The Kier molecular flexibility index (Phi) is 3.47. The molecule has 1 heterocycles. The van der Waals surface area contributed by atoms with Gasteiger partial charge in [0.2, 0.25) is 0 Å². The SMILES string of the molecule is COCc1nc(C2CC2C)nc(Cl)c1I. The third-order valence-electron chi connectivity index (χ3n) is 2.62. The Morgan fingerprint density at radius 1 is 1.53 bits per heavy atom. The summed E-state index contributed by atoms with van der Waals surface area (Å²) in [6.07, 6.45) is 1.17. The molecule has 0 amide bonds. The highest BCUT2D eigenvalue weighted by atomic mass is 127. The van der Waals surface area contributed by atoms with Crippen LogP contribution in [0, 0.1) is 9.49 Å². The first-order valence-corrected chi connectivity index (χ1v) is 6.30. The van der Waals surface area contributed by atoms with Crippen LogP contribution in [0.2, 0.25) is 5.15 Å². The molecule has 2 atom stereocenters. The average Bonchev–Trinajstić information content (AvgIpc) is 2.91. The van der Waals surface area contributed by atoms with Crippen LogP contribution >= 0.6 is 34.2 Å². The molecule has 1 aromatic rings. The van der Waals surface area contributed by atoms with E-state index in [1.54, 1.807) is 7.11 Å². The minimum Gasteiger partial charge on any atom is -0.378 e. The Morgan fingerprint density at radius 2 is 2.20 bits per heavy atom. The molecule has 0 aromatic carbocycles. The van der Waals surface area contributed by atoms with E-state index in [1.807, 2.05) is 0 Å². The van der Waals surface area contributed by atoms with Gasteiger partial charge in [-0.25, -0.2) is 9.97 Å². The van der Waals surface area contributed by atoms with E-state index in [0.29, 0.717) is 23.6 Å². The third-order valence-corrected chi connectivity index (χ3v) is 4.34. The molecule has 82 valence electrons. The third kappa shape index (κ3) is 2.42. The molecule has 0 radical (unpaired) electrons. The van der Waals surface area contributed by atoms with Crippen molar-refractivity contribution < 1.29 is 4.74 Å². The first-order valence-electron chi connectivity index (χ1n) is 4.84. The number of methoxy groups -OCH3 is 1. The lowest BCUT2D eigenvalue weighted by atomic mass is 10.3. The summed E-state index contributed by atoms with van der Waals surface area (Å²) in [5.74, 6) is 2.06. The summed E-state index contributed by atoms with van der Waals surface area (Å²) in [4.78, 5) is 8.83. The second-order valence-corrected chi connectivity index (χ2v) is 5.32. The number of ether oxygens (including phenoxy) is 1. The van der Waals surface area contributed by atoms with Crippen molar-refractivity contribution >= 4 is 34.2 Å². The minimum absolute atomic E-state index is 0.495. The first-order chi connectivity index (χ1) is 7.13. The maximum Gasteiger partial charge on any atom is 0.146 e. The van der Waals surface area contributed by atoms with Gasteiger partial charge >= 0.3 is 0 Å². The van der Waals surface area contributed by atoms with Crippen LogP contribution in [0.25, 0.3) is 0 Å². The number of rotatable bonds is 3. The zero-order valence-corrected chi connectivity index (χ0v) is 11.5. The van der Waals surface area contributed by atoms with Crippen molar-refractivity contribution in [2.24, 2.45) is 5.92 Å². The Hall–Kier alpha value is 0.0600. The van der Waals surface area contributed by atoms with Gasteiger partial charge in [-0.1, -0.05) is 18.5 Å². The lowest BCUT2D eigenvalue weighted by Gasteiger charge is -2.06. The highest BCUT2D eigenvalue weighted by molar-refractivity contribution is 14.1. The van der Waals surface area contributed by atoms with Crippen LogP contribution in [-0.4, -0.2) is 17.1 Å². The fraction of sp³-hybridized carbons (Fsp3) is 0.600. The van der Waals surface area contributed by atoms with Crippen LogP contribution in [0.5, 0.6) is 0 Å². The normalized spacial score (nSPS) is 24.3. The highest BCUT2D eigenvalue weighted by Gasteiger charge is 2.37. The standard InChI is InChI=1S/C10H12ClIN2O/c1-5-3-6(5)10-13-7(4-15-2)8(12)9(11)14-10/h5-6H,3-4H2,1-2H3. The van der Waals surface area contributed by atoms with Crippen molar-refractivity contribution in [2.45, 2.75) is 25.9 Å². The molecule has 0 aliphatic heterocycles. The fourth-order valence-corrected chi connectivity index (χ4v) is 2.15. The van der Waals surface area contributed by atoms with E-state index in [0.717, 1.165) is 15.1 Å². The summed E-state index contributed by atoms with van der Waals surface area (Å²) in [7, 11) is 1.66. The molecule has 15 heavy (non-hydrogen) atoms. The monoisotopic (exact) mass is 338 g/mol. The molecule has 0 N–H and O–H groups in total. The predicted octanol–water partition coefficient (Wildman–Crippen LogP) is 3.00. The Morgan fingerprint density at radius 3 is 2.73 bits per heavy atom. The van der Waals surface area contributed by atoms with Gasteiger partial charge in [0.1, 0.15) is 11.0 Å². The van der Waals surface area contributed by atoms with Crippen LogP contribution in [0.15, 0.2) is 0 Å². The lowest BCUT2D eigenvalue weighted by Crippen LogP contribution is -2.04. The van der Waals surface area contributed by atoms with E-state index in [2.05, 4.69) is 39.5 Å². The molecule has 2 rings (SSSR count). The molecule has 3 nitrogen and oxygen atoms in total. The summed E-state index contributed by atoms with van der Waals surface area (Å²) in [5, 5.41) is 0.548. The average molecular weight is 339 g/mol. The molecule has 1 saturated carbocycles. The van der Waals surface area contributed by atoms with Gasteiger partial charge in [0, 0.05) is 13.0 Å². The summed E-state index contributed by atoms with van der Waals surface area (Å²) in [5.41, 5.74) is 0.896. The molecule has 1 fully saturated rings. The first kappa shape index (κ1) is 11.5. The predicted molar refractivity (Wildman–Crippen MR) is 67.0 cm³/mol. The quantitative estimate of drug-likeness (QED) is 0.628. The van der Waals surface area contributed by atoms with Crippen LogP contribution in [0.3, 0.4) is 0 Å². The molecule has 2 unspecified atom stereocenters. The van der Waals surface area contributed by atoms with Crippen LogP contribution in [0.4, 0.5) is 0 Å². The molecule has 1 aliphatic carbocycles. The topological polar surface area (TPSA) is 35.0 Å². The summed E-state index contributed by atoms with van der Waals surface area (Å²) < 4.78 is 5.99. The highest BCUT2D eigenvalue weighted by Crippen LogP contribution is 2.45. The smallest absolute Gasteiger partial charge is 0.146 e. The summed E-state index contributed by atoms with van der Waals surface area (Å²) in [6.45, 7) is 2.70. The molecule has 0 bridgehead atoms. The van der Waals surface area contributed by atoms with E-state index >= 15 is 0 Å². The molecule has 5 heteroatoms. The van der Waals surface area contributed by atoms with Crippen LogP contribution in [-0.2, 0) is 11.3 Å². The Labute approximate surface area is 108 Å². The molecule has 0 saturated heterocycles. The number of halogens is 2. The number of aromatic nitrogens is 2. The van der Waals surface area contributed by atoms with Crippen LogP contribution < -0.4 is 0 Å². The van der Waals surface area contributed by atoms with Crippen LogP contribution in [0.1, 0.15) is 30.8 Å². The van der Waals surface area contributed by atoms with Gasteiger partial charge in [-0.2, -0.15) is 0 Å². The maximum absolute atomic E-state index is 6.06. The van der Waals surface area contributed by atoms with Gasteiger partial charge in [0.15, 0.2) is 0 Å². The molecule has 1 aromatic heterocycles. The van der Waals surface area contributed by atoms with Crippen molar-refractivity contribution in [2.75, 3.05) is 7.11 Å². The van der Waals surface area contributed by atoms with Gasteiger partial charge in [-0.3, -0.25) is 0 Å². The zero-order chi connectivity index (χ0) is 11.0. The van der Waals surface area contributed by atoms with Gasteiger partial charge in [-0.05, 0) is 34.9 Å². The van der Waals surface area contributed by atoms with Crippen molar-refractivity contribution in [3.63, 3.8) is 0 Å². The van der Waals surface area contributed by atoms with Crippen molar-refractivity contribution in [3.8, 4) is 0 Å². The van der Waals surface area contributed by atoms with Gasteiger partial charge < -0.3 is 4.74 Å². The second-order valence-electron chi connectivity index (χ2n) is 3.89. The largest absolute Gasteiger partial charge is 0.378 e. The Bertz CT molecular complexity index is 386. The van der Waals surface area contributed by atoms with E-state index in [-0.39, 0.29) is 0 Å². The Balaban J connectivity index is 2.33. The van der Waals surface area contributed by atoms with Gasteiger partial charge in [0.25, 0.3) is 0 Å². The zero-order valence-electron chi connectivity index (χ0n) is 8.63. The molecule has 1 aliphatic rings. The molecular weight excluding hydrogens is 326 g/mol. The van der Waals surface area contributed by atoms with Gasteiger partial charge in [-0.15, -0.1) is 0 Å². The van der Waals surface area contributed by atoms with Crippen molar-refractivity contribution in [1.82, 2.24) is 9.97 Å². The number of hydrogen-bond acceptors (Lipinski definition) is 3. The van der Waals surface area contributed by atoms with Crippen molar-refractivity contribution in [1.29, 1.82) is 0 Å². The summed E-state index contributed by atoms with van der Waals surface area (Å²) in [6, 6.07) is 0. The van der Waals surface area contributed by atoms with E-state index in [9.17, 15) is 0 Å². The summed E-state index contributed by atoms with van der Waals surface area (Å²) >= 11 is 8.22. The van der Waals surface area contributed by atoms with E-state index in [4.69, 9.17) is 16.3 Å². The number of nitrogens with zero attached hydrogens (tertiary/aromatic N) is 2. The van der Waals surface area contributed by atoms with E-state index in [1.165, 1.54) is 6.42 Å². The number of hydrogen-bond donors (Lipinski definition) is 0. The van der Waals surface area contributed by atoms with E-state index < -0.39 is 0 Å². The van der Waals surface area contributed by atoms with Crippen molar-refractivity contribution in [3.05, 3.63) is 20.2 Å². The fourth-order valence-electron chi connectivity index (χ4n) is 1.56. The lowest BCUT2D eigenvalue weighted by molar-refractivity contribution is 0.180. The second kappa shape index (κ2) is 4.51. The minimum atomic E-state index is 0.495. The maximum atomic E-state index is 6.06.